The van der Waals surface area contributed by atoms with Gasteiger partial charge in [-0.05, 0) is 26.7 Å². The molecule has 3 aromatic heterocycles. The SMILES string of the molecule is CC(=O)c1c([C@@H]2CCN(C(=O)CO)[C@@H](C)C2)nc2c(-c3cnn(CCO)c3)cnn2c1N. The van der Waals surface area contributed by atoms with Crippen molar-refractivity contribution in [1.29, 1.82) is 0 Å². The summed E-state index contributed by atoms with van der Waals surface area (Å²) >= 11 is 0. The Hall–Kier alpha value is -3.31. The van der Waals surface area contributed by atoms with E-state index in [2.05, 4.69) is 10.2 Å². The van der Waals surface area contributed by atoms with Crippen LogP contribution in [0.2, 0.25) is 0 Å². The van der Waals surface area contributed by atoms with Gasteiger partial charge >= 0.3 is 0 Å². The quantitative estimate of drug-likeness (QED) is 0.467. The lowest BCUT2D eigenvalue weighted by Crippen LogP contribution is -2.45. The van der Waals surface area contributed by atoms with Crippen molar-refractivity contribution in [3.8, 4) is 11.1 Å². The van der Waals surface area contributed by atoms with Crippen LogP contribution in [0.5, 0.6) is 0 Å². The molecule has 3 aromatic rings. The van der Waals surface area contributed by atoms with Crippen LogP contribution in [0.3, 0.4) is 0 Å². The fraction of sp³-hybridized carbons (Fsp3) is 0.476. The Morgan fingerprint density at radius 1 is 1.25 bits per heavy atom. The summed E-state index contributed by atoms with van der Waals surface area (Å²) in [4.78, 5) is 31.0. The lowest BCUT2D eigenvalue weighted by atomic mass is 9.86. The lowest BCUT2D eigenvalue weighted by Gasteiger charge is -2.37. The second kappa shape index (κ2) is 8.67. The van der Waals surface area contributed by atoms with Crippen LogP contribution >= 0.6 is 0 Å². The maximum atomic E-state index is 12.5. The van der Waals surface area contributed by atoms with E-state index in [4.69, 9.17) is 15.8 Å². The Bertz CT molecular complexity index is 1170. The molecule has 170 valence electrons. The molecular weight excluding hydrogens is 414 g/mol. The maximum absolute atomic E-state index is 12.5. The van der Waals surface area contributed by atoms with Gasteiger partial charge in [0, 0.05) is 35.8 Å². The number of nitrogen functional groups attached to an aromatic ring is 1. The first-order valence-corrected chi connectivity index (χ1v) is 10.6. The monoisotopic (exact) mass is 441 g/mol. The molecule has 2 atom stereocenters. The minimum atomic E-state index is -0.520. The number of nitrogens with two attached hydrogens (primary N) is 1. The highest BCUT2D eigenvalue weighted by atomic mass is 16.3. The molecule has 0 bridgehead atoms. The highest BCUT2D eigenvalue weighted by Gasteiger charge is 2.33. The van der Waals surface area contributed by atoms with Crippen molar-refractivity contribution in [2.45, 2.75) is 45.2 Å². The highest BCUT2D eigenvalue weighted by Crippen LogP contribution is 2.36. The molecular formula is C21H27N7O4. The molecule has 4 rings (SSSR count). The number of anilines is 1. The first-order chi connectivity index (χ1) is 15.3. The molecule has 1 amide bonds. The second-order valence-electron chi connectivity index (χ2n) is 8.14. The number of carbonyl (C=O) groups excluding carboxylic acids is 2. The molecule has 0 spiro atoms. The lowest BCUT2D eigenvalue weighted by molar-refractivity contribution is -0.137. The predicted molar refractivity (Wildman–Crippen MR) is 116 cm³/mol. The molecule has 0 radical (unpaired) electrons. The number of carbonyl (C=O) groups is 2. The number of rotatable bonds is 6. The van der Waals surface area contributed by atoms with Gasteiger partial charge in [0.05, 0.1) is 36.8 Å². The maximum Gasteiger partial charge on any atom is 0.248 e. The van der Waals surface area contributed by atoms with Crippen molar-refractivity contribution in [3.63, 3.8) is 0 Å². The van der Waals surface area contributed by atoms with E-state index in [0.717, 1.165) is 11.1 Å². The van der Waals surface area contributed by atoms with Crippen LogP contribution in [0.25, 0.3) is 16.8 Å². The minimum Gasteiger partial charge on any atom is -0.394 e. The Morgan fingerprint density at radius 3 is 2.69 bits per heavy atom. The molecule has 4 heterocycles. The van der Waals surface area contributed by atoms with Gasteiger partial charge in [0.15, 0.2) is 11.4 Å². The van der Waals surface area contributed by atoms with Gasteiger partial charge in [-0.2, -0.15) is 14.7 Å². The van der Waals surface area contributed by atoms with Crippen LogP contribution in [0.1, 0.15) is 48.7 Å². The Labute approximate surface area is 184 Å². The van der Waals surface area contributed by atoms with E-state index in [1.165, 1.54) is 11.4 Å². The fourth-order valence-electron chi connectivity index (χ4n) is 4.50. The molecule has 0 unspecified atom stereocenters. The van der Waals surface area contributed by atoms with Gasteiger partial charge in [-0.3, -0.25) is 14.3 Å². The molecule has 0 saturated carbocycles. The average molecular weight is 441 g/mol. The third-order valence-corrected chi connectivity index (χ3v) is 6.05. The number of hydrogen-bond donors (Lipinski definition) is 3. The summed E-state index contributed by atoms with van der Waals surface area (Å²) in [5.74, 6) is -0.336. The van der Waals surface area contributed by atoms with Gasteiger partial charge in [0.1, 0.15) is 12.4 Å². The summed E-state index contributed by atoms with van der Waals surface area (Å²) in [6, 6.07) is -0.103. The molecule has 32 heavy (non-hydrogen) atoms. The third kappa shape index (κ3) is 3.73. The molecule has 0 aliphatic carbocycles. The predicted octanol–water partition coefficient (Wildman–Crippen LogP) is 0.457. The van der Waals surface area contributed by atoms with E-state index in [1.54, 1.807) is 28.2 Å². The van der Waals surface area contributed by atoms with Gasteiger partial charge in [0.25, 0.3) is 0 Å². The van der Waals surface area contributed by atoms with Crippen molar-refractivity contribution in [2.75, 3.05) is 25.5 Å². The minimum absolute atomic E-state index is 0.0249. The zero-order chi connectivity index (χ0) is 23.0. The Balaban J connectivity index is 1.78. The molecule has 11 heteroatoms. The number of amides is 1. The van der Waals surface area contributed by atoms with E-state index in [9.17, 15) is 14.7 Å². The Kier molecular flexibility index (Phi) is 5.94. The molecule has 1 aliphatic rings. The van der Waals surface area contributed by atoms with E-state index in [1.807, 2.05) is 6.92 Å². The zero-order valence-corrected chi connectivity index (χ0v) is 18.1. The van der Waals surface area contributed by atoms with Crippen LogP contribution in [0, 0.1) is 0 Å². The number of nitrogens with zero attached hydrogens (tertiary/aromatic N) is 6. The normalized spacial score (nSPS) is 18.9. The van der Waals surface area contributed by atoms with Crippen molar-refractivity contribution >= 4 is 23.2 Å². The topological polar surface area (TPSA) is 152 Å². The summed E-state index contributed by atoms with van der Waals surface area (Å²) in [6.07, 6.45) is 6.32. The Morgan fingerprint density at radius 2 is 2.03 bits per heavy atom. The fourth-order valence-corrected chi connectivity index (χ4v) is 4.50. The standard InChI is InChI=1S/C21H27N7O4/c1-12-7-14(3-4-27(12)17(32)11-30)19-18(13(2)31)20(22)28-21(25-19)16(9-24-28)15-8-23-26(10-15)5-6-29/h8-10,12,14,29-30H,3-7,11,22H2,1-2H3/t12-,14+/m0/s1. The van der Waals surface area contributed by atoms with E-state index < -0.39 is 6.61 Å². The van der Waals surface area contributed by atoms with Crippen LogP contribution < -0.4 is 5.73 Å². The number of hydrogen-bond acceptors (Lipinski definition) is 8. The number of fused-ring (bicyclic) bond motifs is 1. The van der Waals surface area contributed by atoms with Gasteiger partial charge in [-0.1, -0.05) is 0 Å². The number of aromatic nitrogens is 5. The average Bonchev–Trinajstić information content (AvgIpc) is 3.40. The summed E-state index contributed by atoms with van der Waals surface area (Å²) < 4.78 is 3.09. The number of likely N-dealkylation sites (tertiary alicyclic amines) is 1. The summed E-state index contributed by atoms with van der Waals surface area (Å²) in [6.45, 7) is 3.68. The molecule has 4 N–H and O–H groups in total. The van der Waals surface area contributed by atoms with Crippen LogP contribution in [-0.2, 0) is 11.3 Å². The third-order valence-electron chi connectivity index (χ3n) is 6.05. The van der Waals surface area contributed by atoms with Crippen molar-refractivity contribution in [3.05, 3.63) is 29.8 Å². The number of Topliss-reactive ketones (excluding diaryl/α,β-unsaturated/α-hetero) is 1. The van der Waals surface area contributed by atoms with E-state index in [0.29, 0.717) is 42.8 Å². The highest BCUT2D eigenvalue weighted by molar-refractivity contribution is 6.00. The first kappa shape index (κ1) is 21.9. The molecule has 11 nitrogen and oxygen atoms in total. The molecule has 1 saturated heterocycles. The number of aliphatic hydroxyl groups is 2. The number of aliphatic hydroxyl groups excluding tert-OH is 2. The zero-order valence-electron chi connectivity index (χ0n) is 18.1. The van der Waals surface area contributed by atoms with Crippen molar-refractivity contribution in [2.24, 2.45) is 0 Å². The number of ketones is 1. The van der Waals surface area contributed by atoms with Gasteiger partial charge in [-0.25, -0.2) is 4.98 Å². The van der Waals surface area contributed by atoms with Crippen LogP contribution in [0.4, 0.5) is 5.82 Å². The largest absolute Gasteiger partial charge is 0.394 e. The second-order valence-corrected chi connectivity index (χ2v) is 8.14. The smallest absolute Gasteiger partial charge is 0.248 e. The number of piperidine rings is 1. The summed E-state index contributed by atoms with van der Waals surface area (Å²) in [5, 5.41) is 27.0. The van der Waals surface area contributed by atoms with Gasteiger partial charge in [-0.15, -0.1) is 0 Å². The van der Waals surface area contributed by atoms with Gasteiger partial charge in [0.2, 0.25) is 5.91 Å². The first-order valence-electron chi connectivity index (χ1n) is 10.6. The molecule has 0 aromatic carbocycles. The van der Waals surface area contributed by atoms with Crippen molar-refractivity contribution in [1.82, 2.24) is 29.3 Å². The summed E-state index contributed by atoms with van der Waals surface area (Å²) in [7, 11) is 0. The van der Waals surface area contributed by atoms with Gasteiger partial charge < -0.3 is 20.8 Å². The van der Waals surface area contributed by atoms with E-state index >= 15 is 0 Å². The van der Waals surface area contributed by atoms with Crippen LogP contribution in [-0.4, -0.2) is 77.0 Å². The van der Waals surface area contributed by atoms with Crippen LogP contribution in [0.15, 0.2) is 18.6 Å². The summed E-state index contributed by atoms with van der Waals surface area (Å²) in [5.41, 5.74) is 9.37. The molecule has 1 fully saturated rings. The van der Waals surface area contributed by atoms with E-state index in [-0.39, 0.29) is 36.1 Å². The van der Waals surface area contributed by atoms with Crippen molar-refractivity contribution < 1.29 is 19.8 Å². The molecule has 1 aliphatic heterocycles.